The SMILES string of the molecule is CCC(C)N(CCOC)C(=O)C(C)C1CNC1. The van der Waals surface area contributed by atoms with E-state index in [9.17, 15) is 4.79 Å². The van der Waals surface area contributed by atoms with E-state index >= 15 is 0 Å². The fourth-order valence-electron chi connectivity index (χ4n) is 2.09. The summed E-state index contributed by atoms with van der Waals surface area (Å²) < 4.78 is 5.09. The molecule has 2 unspecified atom stereocenters. The number of carbonyl (C=O) groups excluding carboxylic acids is 1. The van der Waals surface area contributed by atoms with Crippen LogP contribution >= 0.6 is 0 Å². The fourth-order valence-corrected chi connectivity index (χ4v) is 2.09. The van der Waals surface area contributed by atoms with Crippen molar-refractivity contribution in [2.75, 3.05) is 33.4 Å². The number of nitrogens with zero attached hydrogens (tertiary/aromatic N) is 1. The molecule has 4 heteroatoms. The second-order valence-corrected chi connectivity index (χ2v) is 4.99. The molecular weight excluding hydrogens is 216 g/mol. The van der Waals surface area contributed by atoms with E-state index in [-0.39, 0.29) is 11.8 Å². The second-order valence-electron chi connectivity index (χ2n) is 4.99. The van der Waals surface area contributed by atoms with E-state index in [1.165, 1.54) is 0 Å². The Labute approximate surface area is 105 Å². The zero-order valence-corrected chi connectivity index (χ0v) is 11.5. The maximum atomic E-state index is 12.4. The van der Waals surface area contributed by atoms with Crippen molar-refractivity contribution in [1.29, 1.82) is 0 Å². The van der Waals surface area contributed by atoms with Gasteiger partial charge in [-0.05, 0) is 32.4 Å². The van der Waals surface area contributed by atoms with Gasteiger partial charge in [0.2, 0.25) is 5.91 Å². The molecule has 100 valence electrons. The zero-order chi connectivity index (χ0) is 12.8. The first kappa shape index (κ1) is 14.5. The first-order valence-corrected chi connectivity index (χ1v) is 6.61. The van der Waals surface area contributed by atoms with Gasteiger partial charge in [-0.25, -0.2) is 0 Å². The number of ether oxygens (including phenoxy) is 1. The van der Waals surface area contributed by atoms with Gasteiger partial charge in [0.1, 0.15) is 0 Å². The van der Waals surface area contributed by atoms with E-state index in [0.717, 1.165) is 19.5 Å². The van der Waals surface area contributed by atoms with Crippen LogP contribution in [0.3, 0.4) is 0 Å². The van der Waals surface area contributed by atoms with Crippen molar-refractivity contribution in [2.24, 2.45) is 11.8 Å². The highest BCUT2D eigenvalue weighted by Crippen LogP contribution is 2.20. The Balaban J connectivity index is 2.56. The Morgan fingerprint density at radius 1 is 1.47 bits per heavy atom. The molecule has 0 radical (unpaired) electrons. The summed E-state index contributed by atoms with van der Waals surface area (Å²) in [6.45, 7) is 9.56. The van der Waals surface area contributed by atoms with Crippen LogP contribution in [0.1, 0.15) is 27.2 Å². The molecule has 1 N–H and O–H groups in total. The third-order valence-electron chi connectivity index (χ3n) is 3.85. The van der Waals surface area contributed by atoms with Gasteiger partial charge in [0.25, 0.3) is 0 Å². The largest absolute Gasteiger partial charge is 0.383 e. The summed E-state index contributed by atoms with van der Waals surface area (Å²) in [6.07, 6.45) is 0.991. The summed E-state index contributed by atoms with van der Waals surface area (Å²) in [5.74, 6) is 0.918. The lowest BCUT2D eigenvalue weighted by atomic mass is 9.87. The lowest BCUT2D eigenvalue weighted by Crippen LogP contribution is -2.52. The Kier molecular flexibility index (Phi) is 5.92. The number of amides is 1. The minimum absolute atomic E-state index is 0.127. The average Bonchev–Trinajstić information content (AvgIpc) is 2.26. The van der Waals surface area contributed by atoms with Crippen LogP contribution in [0.25, 0.3) is 0 Å². The van der Waals surface area contributed by atoms with E-state index in [0.29, 0.717) is 25.1 Å². The van der Waals surface area contributed by atoms with Crippen molar-refractivity contribution in [3.05, 3.63) is 0 Å². The number of hydrogen-bond donors (Lipinski definition) is 1. The number of nitrogens with one attached hydrogen (secondary N) is 1. The summed E-state index contributed by atoms with van der Waals surface area (Å²) >= 11 is 0. The highest BCUT2D eigenvalue weighted by molar-refractivity contribution is 5.79. The van der Waals surface area contributed by atoms with Crippen LogP contribution in [0.4, 0.5) is 0 Å². The molecule has 1 fully saturated rings. The molecule has 0 aromatic carbocycles. The minimum atomic E-state index is 0.127. The number of rotatable bonds is 7. The zero-order valence-electron chi connectivity index (χ0n) is 11.5. The van der Waals surface area contributed by atoms with Gasteiger partial charge in [0, 0.05) is 25.6 Å². The Morgan fingerprint density at radius 2 is 2.12 bits per heavy atom. The predicted octanol–water partition coefficient (Wildman–Crippen LogP) is 1.12. The van der Waals surface area contributed by atoms with E-state index < -0.39 is 0 Å². The molecule has 4 nitrogen and oxygen atoms in total. The molecule has 0 aromatic rings. The standard InChI is InChI=1S/C13H26N2O2/c1-5-10(2)15(6-7-17-4)13(16)11(3)12-8-14-9-12/h10-12,14H,5-9H2,1-4H3. The van der Waals surface area contributed by atoms with Crippen LogP contribution in [0, 0.1) is 11.8 Å². The summed E-state index contributed by atoms with van der Waals surface area (Å²) in [5, 5.41) is 3.23. The highest BCUT2D eigenvalue weighted by Gasteiger charge is 2.32. The van der Waals surface area contributed by atoms with E-state index in [4.69, 9.17) is 4.74 Å². The molecule has 1 aliphatic rings. The summed E-state index contributed by atoms with van der Waals surface area (Å²) in [5.41, 5.74) is 0. The third-order valence-corrected chi connectivity index (χ3v) is 3.85. The maximum Gasteiger partial charge on any atom is 0.226 e. The molecule has 0 aromatic heterocycles. The van der Waals surface area contributed by atoms with Gasteiger partial charge in [-0.1, -0.05) is 13.8 Å². The van der Waals surface area contributed by atoms with Crippen LogP contribution in [-0.2, 0) is 9.53 Å². The number of hydrogen-bond acceptors (Lipinski definition) is 3. The van der Waals surface area contributed by atoms with Crippen molar-refractivity contribution in [2.45, 2.75) is 33.2 Å². The maximum absolute atomic E-state index is 12.4. The Bertz CT molecular complexity index is 242. The third kappa shape index (κ3) is 3.68. The fraction of sp³-hybridized carbons (Fsp3) is 0.923. The van der Waals surface area contributed by atoms with Gasteiger partial charge in [-0.2, -0.15) is 0 Å². The summed E-state index contributed by atoms with van der Waals surface area (Å²) in [7, 11) is 1.68. The smallest absolute Gasteiger partial charge is 0.226 e. The molecule has 17 heavy (non-hydrogen) atoms. The Hall–Kier alpha value is -0.610. The molecule has 0 bridgehead atoms. The van der Waals surface area contributed by atoms with Crippen molar-refractivity contribution < 1.29 is 9.53 Å². The summed E-state index contributed by atoms with van der Waals surface area (Å²) in [4.78, 5) is 14.4. The molecule has 1 heterocycles. The van der Waals surface area contributed by atoms with Gasteiger partial charge >= 0.3 is 0 Å². The minimum Gasteiger partial charge on any atom is -0.383 e. The van der Waals surface area contributed by atoms with E-state index in [1.54, 1.807) is 7.11 Å². The molecule has 1 amide bonds. The van der Waals surface area contributed by atoms with Gasteiger partial charge in [0.15, 0.2) is 0 Å². The normalized spacial score (nSPS) is 19.5. The lowest BCUT2D eigenvalue weighted by molar-refractivity contribution is -0.140. The van der Waals surface area contributed by atoms with Crippen LogP contribution < -0.4 is 5.32 Å². The van der Waals surface area contributed by atoms with Gasteiger partial charge in [0.05, 0.1) is 6.61 Å². The molecule has 0 spiro atoms. The van der Waals surface area contributed by atoms with Gasteiger partial charge < -0.3 is 15.0 Å². The second kappa shape index (κ2) is 6.97. The van der Waals surface area contributed by atoms with Crippen LogP contribution in [0.2, 0.25) is 0 Å². The topological polar surface area (TPSA) is 41.6 Å². The van der Waals surface area contributed by atoms with Crippen LogP contribution in [-0.4, -0.2) is 50.2 Å². The van der Waals surface area contributed by atoms with Crippen molar-refractivity contribution in [1.82, 2.24) is 10.2 Å². The van der Waals surface area contributed by atoms with Gasteiger partial charge in [-0.3, -0.25) is 4.79 Å². The van der Waals surface area contributed by atoms with Crippen molar-refractivity contribution >= 4 is 5.91 Å². The molecule has 0 aliphatic carbocycles. The van der Waals surface area contributed by atoms with Crippen molar-refractivity contribution in [3.63, 3.8) is 0 Å². The average molecular weight is 242 g/mol. The van der Waals surface area contributed by atoms with Gasteiger partial charge in [-0.15, -0.1) is 0 Å². The van der Waals surface area contributed by atoms with Crippen molar-refractivity contribution in [3.8, 4) is 0 Å². The molecular formula is C13H26N2O2. The predicted molar refractivity (Wildman–Crippen MR) is 68.9 cm³/mol. The van der Waals surface area contributed by atoms with E-state index in [2.05, 4.69) is 26.1 Å². The molecule has 0 saturated carbocycles. The monoisotopic (exact) mass is 242 g/mol. The highest BCUT2D eigenvalue weighted by atomic mass is 16.5. The molecule has 2 atom stereocenters. The summed E-state index contributed by atoms with van der Waals surface area (Å²) in [6, 6.07) is 0.299. The number of methoxy groups -OCH3 is 1. The quantitative estimate of drug-likeness (QED) is 0.727. The molecule has 1 rings (SSSR count). The molecule has 1 aliphatic heterocycles. The van der Waals surface area contributed by atoms with E-state index in [1.807, 2.05) is 4.90 Å². The first-order chi connectivity index (χ1) is 8.11. The Morgan fingerprint density at radius 3 is 2.53 bits per heavy atom. The number of carbonyl (C=O) groups is 1. The van der Waals surface area contributed by atoms with Crippen LogP contribution in [0.15, 0.2) is 0 Å². The molecule has 1 saturated heterocycles. The van der Waals surface area contributed by atoms with Crippen LogP contribution in [0.5, 0.6) is 0 Å². The lowest BCUT2D eigenvalue weighted by Gasteiger charge is -2.37. The first-order valence-electron chi connectivity index (χ1n) is 6.61.